The lowest BCUT2D eigenvalue weighted by Gasteiger charge is -2.49. The number of ether oxygens (including phenoxy) is 1. The van der Waals surface area contributed by atoms with Crippen molar-refractivity contribution in [3.63, 3.8) is 0 Å². The number of fused-ring (bicyclic) bond motifs is 1. The summed E-state index contributed by atoms with van der Waals surface area (Å²) in [6.45, 7) is 1.17. The minimum atomic E-state index is -0.733. The second-order valence-electron chi connectivity index (χ2n) is 8.54. The Hall–Kier alpha value is -3.16. The van der Waals surface area contributed by atoms with Crippen molar-refractivity contribution in [3.8, 4) is 0 Å². The molecule has 3 N–H and O–H groups in total. The molecule has 2 amide bonds. The van der Waals surface area contributed by atoms with Crippen LogP contribution in [0.4, 0.5) is 0 Å². The largest absolute Gasteiger partial charge is 0.388 e. The molecule has 0 bridgehead atoms. The van der Waals surface area contributed by atoms with E-state index in [4.69, 9.17) is 4.74 Å². The highest BCUT2D eigenvalue weighted by Gasteiger charge is 2.52. The molecule has 2 saturated heterocycles. The predicted molar refractivity (Wildman–Crippen MR) is 116 cm³/mol. The van der Waals surface area contributed by atoms with E-state index in [1.54, 1.807) is 4.90 Å². The Morgan fingerprint density at radius 1 is 1.10 bits per heavy atom. The lowest BCUT2D eigenvalue weighted by molar-refractivity contribution is -0.140. The Labute approximate surface area is 180 Å². The maximum atomic E-state index is 13.3. The maximum Gasteiger partial charge on any atom is 0.256 e. The van der Waals surface area contributed by atoms with Gasteiger partial charge in [-0.05, 0) is 24.1 Å². The highest BCUT2D eigenvalue weighted by molar-refractivity contribution is 6.06. The topological polar surface area (TPSA) is 94.7 Å². The fourth-order valence-electron chi connectivity index (χ4n) is 4.59. The normalized spacial score (nSPS) is 22.3. The molecule has 2 atom stereocenters. The SMILES string of the molecule is O=C(c1cccc2cc[nH]c12)N1CC(Cc2ccccc2)(C(=O)N[C@H]2COC[C@H]2O)C1. The van der Waals surface area contributed by atoms with Gasteiger partial charge in [0.25, 0.3) is 5.91 Å². The molecule has 2 fully saturated rings. The van der Waals surface area contributed by atoms with Crippen LogP contribution in [0.25, 0.3) is 10.9 Å². The Bertz CT molecular complexity index is 1100. The van der Waals surface area contributed by atoms with Crippen molar-refractivity contribution in [2.75, 3.05) is 26.3 Å². The number of aromatic amines is 1. The molecule has 31 heavy (non-hydrogen) atoms. The zero-order valence-electron chi connectivity index (χ0n) is 17.1. The molecule has 160 valence electrons. The smallest absolute Gasteiger partial charge is 0.256 e. The molecule has 7 nitrogen and oxygen atoms in total. The molecule has 0 radical (unpaired) electrons. The van der Waals surface area contributed by atoms with Gasteiger partial charge in [-0.15, -0.1) is 0 Å². The fraction of sp³-hybridized carbons (Fsp3) is 0.333. The molecular formula is C24H25N3O4. The Morgan fingerprint density at radius 2 is 1.90 bits per heavy atom. The summed E-state index contributed by atoms with van der Waals surface area (Å²) in [4.78, 5) is 31.4. The third-order valence-electron chi connectivity index (χ3n) is 6.33. The van der Waals surface area contributed by atoms with Gasteiger partial charge in [0.05, 0.1) is 41.9 Å². The van der Waals surface area contributed by atoms with Crippen LogP contribution >= 0.6 is 0 Å². The van der Waals surface area contributed by atoms with Crippen molar-refractivity contribution < 1.29 is 19.4 Å². The summed E-state index contributed by atoms with van der Waals surface area (Å²) in [6.07, 6.45) is 1.64. The lowest BCUT2D eigenvalue weighted by atomic mass is 9.73. The zero-order chi connectivity index (χ0) is 21.4. The van der Waals surface area contributed by atoms with Crippen LogP contribution in [0.3, 0.4) is 0 Å². The molecule has 0 aliphatic carbocycles. The van der Waals surface area contributed by atoms with Crippen LogP contribution in [0.5, 0.6) is 0 Å². The quantitative estimate of drug-likeness (QED) is 0.587. The first-order chi connectivity index (χ1) is 15.1. The zero-order valence-corrected chi connectivity index (χ0v) is 17.1. The van der Waals surface area contributed by atoms with Crippen LogP contribution in [0, 0.1) is 5.41 Å². The molecule has 0 unspecified atom stereocenters. The van der Waals surface area contributed by atoms with Crippen LogP contribution in [0.2, 0.25) is 0 Å². The number of hydrogen-bond acceptors (Lipinski definition) is 4. The Kier molecular flexibility index (Phi) is 5.00. The summed E-state index contributed by atoms with van der Waals surface area (Å²) >= 11 is 0. The second kappa shape index (κ2) is 7.83. The van der Waals surface area contributed by atoms with Gasteiger partial charge in [0.15, 0.2) is 0 Å². The van der Waals surface area contributed by atoms with Crippen LogP contribution in [-0.4, -0.2) is 65.3 Å². The van der Waals surface area contributed by atoms with E-state index in [9.17, 15) is 14.7 Å². The molecule has 0 saturated carbocycles. The molecule has 1 aromatic heterocycles. The first-order valence-corrected chi connectivity index (χ1v) is 10.5. The van der Waals surface area contributed by atoms with Crippen molar-refractivity contribution >= 4 is 22.7 Å². The van der Waals surface area contributed by atoms with Crippen molar-refractivity contribution in [3.05, 3.63) is 71.9 Å². The van der Waals surface area contributed by atoms with E-state index in [0.29, 0.717) is 31.7 Å². The third-order valence-corrected chi connectivity index (χ3v) is 6.33. The number of nitrogens with zero attached hydrogens (tertiary/aromatic N) is 1. The number of carbonyl (C=O) groups excluding carboxylic acids is 2. The molecule has 2 aliphatic heterocycles. The van der Waals surface area contributed by atoms with Gasteiger partial charge in [0.2, 0.25) is 5.91 Å². The van der Waals surface area contributed by atoms with E-state index < -0.39 is 17.6 Å². The van der Waals surface area contributed by atoms with E-state index >= 15 is 0 Å². The Balaban J connectivity index is 1.37. The van der Waals surface area contributed by atoms with Crippen molar-refractivity contribution in [1.82, 2.24) is 15.2 Å². The number of nitrogens with one attached hydrogen (secondary N) is 2. The number of H-pyrrole nitrogens is 1. The van der Waals surface area contributed by atoms with E-state index in [1.807, 2.05) is 60.8 Å². The van der Waals surface area contributed by atoms with Gasteiger partial charge in [-0.2, -0.15) is 0 Å². The number of amides is 2. The second-order valence-corrected chi connectivity index (χ2v) is 8.54. The predicted octanol–water partition coefficient (Wildman–Crippen LogP) is 1.73. The number of rotatable bonds is 5. The van der Waals surface area contributed by atoms with Crippen LogP contribution in [0.15, 0.2) is 60.8 Å². The number of carbonyl (C=O) groups is 2. The highest BCUT2D eigenvalue weighted by atomic mass is 16.5. The summed E-state index contributed by atoms with van der Waals surface area (Å²) in [5, 5.41) is 14.0. The van der Waals surface area contributed by atoms with Gasteiger partial charge in [0.1, 0.15) is 0 Å². The fourth-order valence-corrected chi connectivity index (χ4v) is 4.59. The molecule has 3 aromatic rings. The summed E-state index contributed by atoms with van der Waals surface area (Å²) < 4.78 is 5.27. The number of benzene rings is 2. The number of likely N-dealkylation sites (tertiary alicyclic amines) is 1. The third kappa shape index (κ3) is 3.60. The van der Waals surface area contributed by atoms with Gasteiger partial charge in [-0.1, -0.05) is 42.5 Å². The standard InChI is InChI=1S/C24H25N3O4/c28-20-13-31-12-19(20)26-23(30)24(11-16-5-2-1-3-6-16)14-27(15-24)22(29)18-8-4-7-17-9-10-25-21(17)18/h1-10,19-20,25,28H,11-15H2,(H,26,30)/t19-,20+/m0/s1. The van der Waals surface area contributed by atoms with Gasteiger partial charge >= 0.3 is 0 Å². The van der Waals surface area contributed by atoms with Crippen molar-refractivity contribution in [2.24, 2.45) is 5.41 Å². The van der Waals surface area contributed by atoms with Gasteiger partial charge in [-0.3, -0.25) is 9.59 Å². The first kappa shape index (κ1) is 19.8. The van der Waals surface area contributed by atoms with Crippen LogP contribution in [-0.2, 0) is 16.0 Å². The van der Waals surface area contributed by atoms with E-state index in [-0.39, 0.29) is 18.4 Å². The van der Waals surface area contributed by atoms with Crippen molar-refractivity contribution in [1.29, 1.82) is 0 Å². The number of para-hydroxylation sites is 1. The molecule has 0 spiro atoms. The number of aliphatic hydroxyl groups excluding tert-OH is 1. The van der Waals surface area contributed by atoms with E-state index in [2.05, 4.69) is 10.3 Å². The molecule has 5 rings (SSSR count). The van der Waals surface area contributed by atoms with Crippen LogP contribution in [0.1, 0.15) is 15.9 Å². The summed E-state index contributed by atoms with van der Waals surface area (Å²) in [7, 11) is 0. The number of aliphatic hydroxyl groups is 1. The van der Waals surface area contributed by atoms with Gasteiger partial charge in [-0.25, -0.2) is 0 Å². The first-order valence-electron chi connectivity index (χ1n) is 10.5. The summed E-state index contributed by atoms with van der Waals surface area (Å²) in [5.41, 5.74) is 1.72. The maximum absolute atomic E-state index is 13.3. The minimum absolute atomic E-state index is 0.0891. The molecule has 7 heteroatoms. The lowest BCUT2D eigenvalue weighted by Crippen LogP contribution is -2.67. The van der Waals surface area contributed by atoms with Gasteiger partial charge < -0.3 is 25.0 Å². The molecular weight excluding hydrogens is 394 g/mol. The van der Waals surface area contributed by atoms with Crippen LogP contribution < -0.4 is 5.32 Å². The average molecular weight is 419 g/mol. The van der Waals surface area contributed by atoms with E-state index in [0.717, 1.165) is 16.5 Å². The molecule has 2 aliphatic rings. The molecule has 3 heterocycles. The highest BCUT2D eigenvalue weighted by Crippen LogP contribution is 2.36. The number of hydrogen-bond donors (Lipinski definition) is 3. The summed E-state index contributed by atoms with van der Waals surface area (Å²) in [5.74, 6) is -0.234. The Morgan fingerprint density at radius 3 is 2.65 bits per heavy atom. The monoisotopic (exact) mass is 419 g/mol. The van der Waals surface area contributed by atoms with E-state index in [1.165, 1.54) is 0 Å². The minimum Gasteiger partial charge on any atom is -0.388 e. The van der Waals surface area contributed by atoms with Gasteiger partial charge in [0, 0.05) is 24.7 Å². The van der Waals surface area contributed by atoms with Crippen molar-refractivity contribution in [2.45, 2.75) is 18.6 Å². The number of aromatic nitrogens is 1. The molecule has 2 aromatic carbocycles. The summed E-state index contributed by atoms with van der Waals surface area (Å²) in [6, 6.07) is 17.0. The average Bonchev–Trinajstić information content (AvgIpc) is 3.39.